The number of hydrogen-bond donors (Lipinski definition) is 2. The second kappa shape index (κ2) is 7.00. The van der Waals surface area contributed by atoms with Crippen molar-refractivity contribution in [1.82, 2.24) is 4.72 Å². The number of nitriles is 1. The summed E-state index contributed by atoms with van der Waals surface area (Å²) in [6.07, 6.45) is 0.598. The van der Waals surface area contributed by atoms with Gasteiger partial charge in [-0.15, -0.1) is 0 Å². The lowest BCUT2D eigenvalue weighted by atomic mass is 10.2. The van der Waals surface area contributed by atoms with Crippen molar-refractivity contribution in [2.45, 2.75) is 29.9 Å². The molecule has 0 aliphatic carbocycles. The van der Waals surface area contributed by atoms with Gasteiger partial charge >= 0.3 is 0 Å². The summed E-state index contributed by atoms with van der Waals surface area (Å²) in [4.78, 5) is 0.00218. The van der Waals surface area contributed by atoms with Crippen molar-refractivity contribution in [2.24, 2.45) is 5.14 Å². The summed E-state index contributed by atoms with van der Waals surface area (Å²) < 4.78 is 48.0. The molecule has 21 heavy (non-hydrogen) atoms. The molecule has 9 heteroatoms. The molecule has 0 fully saturated rings. The van der Waals surface area contributed by atoms with Crippen LogP contribution in [-0.2, 0) is 26.5 Å². The molecular weight excluding hydrogens is 314 g/mol. The van der Waals surface area contributed by atoms with Gasteiger partial charge in [0.25, 0.3) is 0 Å². The van der Waals surface area contributed by atoms with Gasteiger partial charge in [-0.2, -0.15) is 5.26 Å². The summed E-state index contributed by atoms with van der Waals surface area (Å²) in [5.41, 5.74) is 0.759. The Hall–Kier alpha value is -1.47. The highest BCUT2D eigenvalue weighted by Gasteiger charge is 2.22. The maximum absolute atomic E-state index is 11.7. The average Bonchev–Trinajstić information content (AvgIpc) is 2.39. The number of hydrogen-bond acceptors (Lipinski definition) is 5. The summed E-state index contributed by atoms with van der Waals surface area (Å²) in [6.45, 7) is 1.76. The normalized spacial score (nSPS) is 13.6. The van der Waals surface area contributed by atoms with Gasteiger partial charge in [0, 0.05) is 6.54 Å². The van der Waals surface area contributed by atoms with E-state index in [0.717, 1.165) is 5.56 Å². The summed E-state index contributed by atoms with van der Waals surface area (Å²) in [5, 5.41) is 12.7. The Labute approximate surface area is 124 Å². The van der Waals surface area contributed by atoms with Crippen LogP contribution in [0.1, 0.15) is 18.9 Å². The van der Waals surface area contributed by atoms with Crippen LogP contribution in [0.5, 0.6) is 0 Å². The van der Waals surface area contributed by atoms with Crippen LogP contribution in [0.2, 0.25) is 0 Å². The molecule has 0 aliphatic rings. The predicted octanol–water partition coefficient (Wildman–Crippen LogP) is 0.0981. The summed E-state index contributed by atoms with van der Waals surface area (Å²) in [7, 11) is -7.38. The lowest BCUT2D eigenvalue weighted by molar-refractivity contribution is 0.572. The third kappa shape index (κ3) is 5.09. The Morgan fingerprint density at radius 3 is 2.24 bits per heavy atom. The lowest BCUT2D eigenvalue weighted by Gasteiger charge is -2.10. The molecule has 1 unspecified atom stereocenters. The van der Waals surface area contributed by atoms with Gasteiger partial charge in [0.1, 0.15) is 0 Å². The van der Waals surface area contributed by atoms with E-state index < -0.39 is 25.3 Å². The van der Waals surface area contributed by atoms with E-state index in [2.05, 4.69) is 4.72 Å². The standard InChI is InChI=1S/C12H17N3O4S2/c1-2-11(9-13)21(18,19)15-8-7-10-3-5-12(6-4-10)20(14,16)17/h3-6,11,15H,2,7-8H2,1H3,(H2,14,16,17). The van der Waals surface area contributed by atoms with Crippen molar-refractivity contribution in [2.75, 3.05) is 6.54 Å². The van der Waals surface area contributed by atoms with Gasteiger partial charge in [0.05, 0.1) is 11.0 Å². The van der Waals surface area contributed by atoms with E-state index in [1.807, 2.05) is 0 Å². The molecule has 1 aromatic rings. The molecule has 1 aromatic carbocycles. The highest BCUT2D eigenvalue weighted by Crippen LogP contribution is 2.09. The minimum Gasteiger partial charge on any atom is -0.225 e. The smallest absolute Gasteiger partial charge is 0.225 e. The monoisotopic (exact) mass is 331 g/mol. The molecule has 0 aliphatic heterocycles. The van der Waals surface area contributed by atoms with Crippen LogP contribution >= 0.6 is 0 Å². The van der Waals surface area contributed by atoms with Crippen LogP contribution in [0, 0.1) is 11.3 Å². The molecule has 0 aromatic heterocycles. The maximum atomic E-state index is 11.7. The second-order valence-electron chi connectivity index (χ2n) is 4.40. The van der Waals surface area contributed by atoms with E-state index in [0.29, 0.717) is 6.42 Å². The van der Waals surface area contributed by atoms with Crippen LogP contribution in [0.3, 0.4) is 0 Å². The second-order valence-corrected chi connectivity index (χ2v) is 7.91. The number of sulfonamides is 2. The SMILES string of the molecule is CCC(C#N)S(=O)(=O)NCCc1ccc(S(N)(=O)=O)cc1. The van der Waals surface area contributed by atoms with Crippen LogP contribution in [0.4, 0.5) is 0 Å². The summed E-state index contributed by atoms with van der Waals surface area (Å²) in [5.74, 6) is 0. The number of benzene rings is 1. The largest absolute Gasteiger partial charge is 0.238 e. The zero-order valence-electron chi connectivity index (χ0n) is 11.5. The third-order valence-corrected chi connectivity index (χ3v) is 5.58. The molecule has 1 rings (SSSR count). The maximum Gasteiger partial charge on any atom is 0.238 e. The van der Waals surface area contributed by atoms with Crippen LogP contribution in [0.25, 0.3) is 0 Å². The molecule has 0 heterocycles. The Morgan fingerprint density at radius 1 is 1.24 bits per heavy atom. The van der Waals surface area contributed by atoms with Crippen molar-refractivity contribution in [3.63, 3.8) is 0 Å². The van der Waals surface area contributed by atoms with Gasteiger partial charge in [-0.3, -0.25) is 0 Å². The highest BCUT2D eigenvalue weighted by atomic mass is 32.2. The van der Waals surface area contributed by atoms with Gasteiger partial charge in [-0.1, -0.05) is 19.1 Å². The van der Waals surface area contributed by atoms with Crippen molar-refractivity contribution >= 4 is 20.0 Å². The average molecular weight is 331 g/mol. The van der Waals surface area contributed by atoms with Gasteiger partial charge < -0.3 is 0 Å². The first-order valence-electron chi connectivity index (χ1n) is 6.20. The number of rotatable bonds is 7. The summed E-state index contributed by atoms with van der Waals surface area (Å²) in [6, 6.07) is 7.59. The fourth-order valence-corrected chi connectivity index (χ4v) is 3.34. The summed E-state index contributed by atoms with van der Waals surface area (Å²) >= 11 is 0. The first kappa shape index (κ1) is 17.6. The van der Waals surface area contributed by atoms with Crippen LogP contribution in [-0.4, -0.2) is 28.6 Å². The molecule has 1 atom stereocenters. The van der Waals surface area contributed by atoms with E-state index in [1.54, 1.807) is 25.1 Å². The van der Waals surface area contributed by atoms with Gasteiger partial charge in [0.15, 0.2) is 5.25 Å². The number of nitrogens with zero attached hydrogens (tertiary/aromatic N) is 1. The molecule has 0 amide bonds. The molecule has 0 radical (unpaired) electrons. The van der Waals surface area contributed by atoms with E-state index >= 15 is 0 Å². The van der Waals surface area contributed by atoms with Crippen molar-refractivity contribution < 1.29 is 16.8 Å². The molecule has 116 valence electrons. The quantitative estimate of drug-likeness (QED) is 0.731. The molecule has 3 N–H and O–H groups in total. The zero-order chi connectivity index (χ0) is 16.1. The highest BCUT2D eigenvalue weighted by molar-refractivity contribution is 7.90. The van der Waals surface area contributed by atoms with Crippen LogP contribution in [0.15, 0.2) is 29.2 Å². The lowest BCUT2D eigenvalue weighted by Crippen LogP contribution is -2.34. The van der Waals surface area contributed by atoms with E-state index in [1.165, 1.54) is 12.1 Å². The Bertz CT molecular complexity index is 719. The zero-order valence-corrected chi connectivity index (χ0v) is 13.1. The topological polar surface area (TPSA) is 130 Å². The Balaban J connectivity index is 2.64. The first-order chi connectivity index (χ1) is 9.70. The number of nitrogens with two attached hydrogens (primary N) is 1. The Kier molecular flexibility index (Phi) is 5.86. The number of nitrogens with one attached hydrogen (secondary N) is 1. The van der Waals surface area contributed by atoms with Crippen LogP contribution < -0.4 is 9.86 Å². The van der Waals surface area contributed by atoms with Crippen molar-refractivity contribution in [1.29, 1.82) is 5.26 Å². The van der Waals surface area contributed by atoms with Crippen molar-refractivity contribution in [3.8, 4) is 6.07 Å². The minimum absolute atomic E-state index is 0.00218. The molecule has 7 nitrogen and oxygen atoms in total. The van der Waals surface area contributed by atoms with E-state index in [4.69, 9.17) is 10.4 Å². The van der Waals surface area contributed by atoms with Gasteiger partial charge in [0.2, 0.25) is 20.0 Å². The first-order valence-corrected chi connectivity index (χ1v) is 9.30. The number of primary sulfonamides is 1. The molecule has 0 saturated heterocycles. The minimum atomic E-state index is -3.73. The van der Waals surface area contributed by atoms with E-state index in [-0.39, 0.29) is 17.9 Å². The van der Waals surface area contributed by atoms with Gasteiger partial charge in [-0.25, -0.2) is 26.7 Å². The molecule has 0 saturated carbocycles. The van der Waals surface area contributed by atoms with E-state index in [9.17, 15) is 16.8 Å². The predicted molar refractivity (Wildman–Crippen MR) is 78.1 cm³/mol. The third-order valence-electron chi connectivity index (χ3n) is 2.86. The van der Waals surface area contributed by atoms with Crippen molar-refractivity contribution in [3.05, 3.63) is 29.8 Å². The van der Waals surface area contributed by atoms with Gasteiger partial charge in [-0.05, 0) is 30.5 Å². The fraction of sp³-hybridized carbons (Fsp3) is 0.417. The Morgan fingerprint density at radius 2 is 1.81 bits per heavy atom. The fourth-order valence-electron chi connectivity index (χ4n) is 1.66. The molecule has 0 spiro atoms. The molecule has 0 bridgehead atoms. The molecular formula is C12H17N3O4S2.